The van der Waals surface area contributed by atoms with Gasteiger partial charge >= 0.3 is 6.01 Å². The summed E-state index contributed by atoms with van der Waals surface area (Å²) >= 11 is 0. The zero-order chi connectivity index (χ0) is 36.8. The second kappa shape index (κ2) is 13.2. The number of fused-ring (bicyclic) bond motifs is 7. The van der Waals surface area contributed by atoms with Crippen LogP contribution in [0, 0.1) is 6.07 Å². The van der Waals surface area contributed by atoms with E-state index >= 15 is 0 Å². The number of nitrogens with one attached hydrogen (secondary N) is 1. The summed E-state index contributed by atoms with van der Waals surface area (Å²) in [6.45, 7) is 0. The molecule has 0 saturated heterocycles. The molecule has 3 aromatic heterocycles. The predicted octanol–water partition coefficient (Wildman–Crippen LogP) is 9.09. The Morgan fingerprint density at radius 2 is 1.41 bits per heavy atom. The minimum Gasteiger partial charge on any atom is -0.423 e. The SMILES string of the molecule is CN1c2ccc(-c3cn(C)c4c3[n-]c[n+]4C)[c-]c2N(c2nc3c4c(ccc3o2)Nc2ccccc2N4[PH+](c2ccccc2)c2ccccc2)c2ccccc21.[Ir]. The third-order valence-corrected chi connectivity index (χ3v) is 13.4. The number of rotatable bonds is 5. The van der Waals surface area contributed by atoms with E-state index in [9.17, 15) is 0 Å². The van der Waals surface area contributed by atoms with Crippen LogP contribution < -0.4 is 39.9 Å². The first-order valence-corrected chi connectivity index (χ1v) is 19.7. The van der Waals surface area contributed by atoms with Crippen molar-refractivity contribution in [1.29, 1.82) is 0 Å². The second-order valence-electron chi connectivity index (χ2n) is 14.0. The molecule has 0 amide bonds. The molecule has 0 fully saturated rings. The summed E-state index contributed by atoms with van der Waals surface area (Å²) in [6.07, 6.45) is 3.99. The maximum Gasteiger partial charge on any atom is 0.306 e. The largest absolute Gasteiger partial charge is 0.423 e. The molecule has 0 atom stereocenters. The molecule has 0 spiro atoms. The minimum absolute atomic E-state index is 0. The van der Waals surface area contributed by atoms with Crippen LogP contribution in [0.4, 0.5) is 51.5 Å². The van der Waals surface area contributed by atoms with Crippen LogP contribution in [0.15, 0.2) is 150 Å². The summed E-state index contributed by atoms with van der Waals surface area (Å²) in [6, 6.07) is 51.3. The van der Waals surface area contributed by atoms with Crippen LogP contribution in [0.5, 0.6) is 0 Å². The number of aryl methyl sites for hydroxylation is 2. The molecule has 1 radical (unpaired) electrons. The molecular weight excluding hydrogens is 892 g/mol. The van der Waals surface area contributed by atoms with E-state index in [0.717, 1.165) is 73.3 Å². The van der Waals surface area contributed by atoms with E-state index in [-0.39, 0.29) is 20.1 Å². The first-order chi connectivity index (χ1) is 27.0. The Kier molecular flexibility index (Phi) is 8.11. The molecule has 9 aromatic rings. The molecule has 9 nitrogen and oxygen atoms in total. The van der Waals surface area contributed by atoms with Crippen LogP contribution in [0.2, 0.25) is 0 Å². The van der Waals surface area contributed by atoms with E-state index in [0.29, 0.717) is 11.6 Å². The van der Waals surface area contributed by atoms with Crippen LogP contribution in [-0.2, 0) is 34.2 Å². The summed E-state index contributed by atoms with van der Waals surface area (Å²) in [5.41, 5.74) is 13.4. The van der Waals surface area contributed by atoms with Gasteiger partial charge < -0.3 is 23.8 Å². The van der Waals surface area contributed by atoms with Gasteiger partial charge in [0, 0.05) is 41.2 Å². The number of anilines is 9. The van der Waals surface area contributed by atoms with Crippen LogP contribution in [0.25, 0.3) is 33.4 Å². The third-order valence-electron chi connectivity index (χ3n) is 10.8. The van der Waals surface area contributed by atoms with Crippen molar-refractivity contribution in [3.8, 4) is 11.1 Å². The van der Waals surface area contributed by atoms with E-state index in [2.05, 4.69) is 178 Å². The molecule has 56 heavy (non-hydrogen) atoms. The number of aromatic nitrogens is 4. The number of para-hydroxylation sites is 4. The Hall–Kier alpha value is -6.18. The standard InChI is InChI=1S/C45H34N8OP.Ir/c1-49-27-32(41-44(49)50(2)28-46-41)29-22-24-37-39(26-29)52(38-21-13-12-20-36(38)51(37)3)45-48-42-40(54-45)25-23-34-43(42)53(35-19-11-10-18-33(35)47-34)55(30-14-6-4-7-15-30)31-16-8-5-9-17-31;/h4-25,27-28,47H,1-3H3;/q-1;/p+1. The fourth-order valence-electron chi connectivity index (χ4n) is 8.28. The van der Waals surface area contributed by atoms with E-state index < -0.39 is 8.07 Å². The van der Waals surface area contributed by atoms with Crippen molar-refractivity contribution < 1.29 is 29.1 Å². The zero-order valence-electron chi connectivity index (χ0n) is 30.7. The normalized spacial score (nSPS) is 13.0. The fourth-order valence-corrected chi connectivity index (χ4v) is 11.0. The monoisotopic (exact) mass is 927 g/mol. The number of benzene rings is 6. The molecule has 0 bridgehead atoms. The van der Waals surface area contributed by atoms with Gasteiger partial charge in [-0.25, -0.2) is 9.65 Å². The summed E-state index contributed by atoms with van der Waals surface area (Å²) < 4.78 is 13.6. The van der Waals surface area contributed by atoms with Crippen LogP contribution in [0.1, 0.15) is 0 Å². The minimum atomic E-state index is -1.61. The molecule has 1 N–H and O–H groups in total. The topological polar surface area (TPSA) is 70.7 Å². The van der Waals surface area contributed by atoms with Crippen molar-refractivity contribution in [1.82, 2.24) is 14.5 Å². The van der Waals surface area contributed by atoms with Gasteiger partial charge in [0.1, 0.15) is 33.1 Å². The van der Waals surface area contributed by atoms with E-state index in [1.165, 1.54) is 10.6 Å². The summed E-state index contributed by atoms with van der Waals surface area (Å²) in [5.74, 6) is 0. The molecule has 2 aliphatic heterocycles. The Labute approximate surface area is 338 Å². The first kappa shape index (κ1) is 34.3. The van der Waals surface area contributed by atoms with Crippen molar-refractivity contribution in [3.63, 3.8) is 0 Å². The van der Waals surface area contributed by atoms with Crippen LogP contribution >= 0.6 is 8.07 Å². The maximum absolute atomic E-state index is 6.89. The van der Waals surface area contributed by atoms with Gasteiger partial charge in [0.15, 0.2) is 13.7 Å². The van der Waals surface area contributed by atoms with Gasteiger partial charge in [0.25, 0.3) is 0 Å². The predicted molar refractivity (Wildman–Crippen MR) is 224 cm³/mol. The number of imidazole rings is 1. The maximum atomic E-state index is 6.89. The Morgan fingerprint density at radius 3 is 2.16 bits per heavy atom. The Balaban J connectivity index is 0.00000384. The molecule has 275 valence electrons. The Morgan fingerprint density at radius 1 is 0.732 bits per heavy atom. The van der Waals surface area contributed by atoms with Crippen molar-refractivity contribution in [2.75, 3.05) is 26.8 Å². The molecule has 11 heteroatoms. The molecule has 11 rings (SSSR count). The summed E-state index contributed by atoms with van der Waals surface area (Å²) in [4.78, 5) is 14.6. The van der Waals surface area contributed by atoms with E-state index in [1.54, 1.807) is 0 Å². The smallest absolute Gasteiger partial charge is 0.306 e. The summed E-state index contributed by atoms with van der Waals surface area (Å²) in [7, 11) is 4.57. The van der Waals surface area contributed by atoms with Gasteiger partial charge in [-0.15, -0.1) is 23.8 Å². The third kappa shape index (κ3) is 5.14. The molecule has 5 heterocycles. The van der Waals surface area contributed by atoms with Crippen molar-refractivity contribution >= 4 is 92.5 Å². The van der Waals surface area contributed by atoms with Gasteiger partial charge in [-0.1, -0.05) is 66.2 Å². The van der Waals surface area contributed by atoms with Gasteiger partial charge in [-0.3, -0.25) is 4.90 Å². The van der Waals surface area contributed by atoms with Crippen molar-refractivity contribution in [3.05, 3.63) is 152 Å². The van der Waals surface area contributed by atoms with E-state index in [1.807, 2.05) is 24.0 Å². The van der Waals surface area contributed by atoms with Crippen molar-refractivity contribution in [2.24, 2.45) is 14.1 Å². The fraction of sp³-hybridized carbons (Fsp3) is 0.0667. The Bertz CT molecular complexity index is 2900. The summed E-state index contributed by atoms with van der Waals surface area (Å²) in [5, 5.41) is 6.29. The molecule has 0 saturated carbocycles. The number of oxazole rings is 1. The average molecular weight is 927 g/mol. The quantitative estimate of drug-likeness (QED) is 0.105. The average Bonchev–Trinajstić information content (AvgIpc) is 3.93. The number of hydrogen-bond donors (Lipinski definition) is 1. The van der Waals surface area contributed by atoms with Gasteiger partial charge in [0.05, 0.1) is 34.6 Å². The molecular formula is C45H35IrN8OP. The number of hydrogen-bond acceptors (Lipinski definition) is 6. The molecule has 0 aliphatic carbocycles. The van der Waals surface area contributed by atoms with Crippen LogP contribution in [0.3, 0.4) is 0 Å². The number of nitrogens with zero attached hydrogens (tertiary/aromatic N) is 7. The zero-order valence-corrected chi connectivity index (χ0v) is 34.1. The second-order valence-corrected chi connectivity index (χ2v) is 16.3. The van der Waals surface area contributed by atoms with Crippen molar-refractivity contribution in [2.45, 2.75) is 0 Å². The van der Waals surface area contributed by atoms with E-state index in [4.69, 9.17) is 14.4 Å². The van der Waals surface area contributed by atoms with Gasteiger partial charge in [0.2, 0.25) is 0 Å². The first-order valence-electron chi connectivity index (χ1n) is 18.3. The molecule has 0 unspecified atom stereocenters. The van der Waals surface area contributed by atoms with Crippen LogP contribution in [-0.4, -0.2) is 16.6 Å². The molecule has 2 aliphatic rings. The molecule has 6 aromatic carbocycles. The van der Waals surface area contributed by atoms with Gasteiger partial charge in [-0.05, 0) is 78.2 Å². The van der Waals surface area contributed by atoms with Gasteiger partial charge in [-0.2, -0.15) is 4.98 Å².